The van der Waals surface area contributed by atoms with Gasteiger partial charge in [-0.2, -0.15) is 0 Å². The average Bonchev–Trinajstić information content (AvgIpc) is 2.70. The summed E-state index contributed by atoms with van der Waals surface area (Å²) >= 11 is 12.0. The van der Waals surface area contributed by atoms with E-state index in [0.717, 1.165) is 16.9 Å². The summed E-state index contributed by atoms with van der Waals surface area (Å²) in [6.07, 6.45) is 0.368. The summed E-state index contributed by atoms with van der Waals surface area (Å²) in [6.45, 7) is 3.35. The molecule has 0 aliphatic heterocycles. The number of amides is 1. The molecule has 0 aliphatic rings. The second kappa shape index (κ2) is 6.43. The van der Waals surface area contributed by atoms with Crippen LogP contribution in [0.2, 0.25) is 10.0 Å². The summed E-state index contributed by atoms with van der Waals surface area (Å²) in [5.74, 6) is 0.793. The van der Waals surface area contributed by atoms with Crippen molar-refractivity contribution in [3.05, 3.63) is 28.0 Å². The smallest absolute Gasteiger partial charge is 0.221 e. The predicted molar refractivity (Wildman–Crippen MR) is 81.2 cm³/mol. The number of carbonyl (C=O) groups excluding carboxylic acids is 1. The van der Waals surface area contributed by atoms with Crippen molar-refractivity contribution in [2.75, 3.05) is 13.1 Å². The van der Waals surface area contributed by atoms with Gasteiger partial charge in [-0.3, -0.25) is 4.79 Å². The molecule has 0 bridgehead atoms. The summed E-state index contributed by atoms with van der Waals surface area (Å²) in [6, 6.07) is 3.51. The quantitative estimate of drug-likeness (QED) is 0.887. The molecule has 7 heteroatoms. The number of imidazole rings is 1. The number of carbonyl (C=O) groups is 1. The highest BCUT2D eigenvalue weighted by molar-refractivity contribution is 6.42. The van der Waals surface area contributed by atoms with Gasteiger partial charge in [0, 0.05) is 26.1 Å². The monoisotopic (exact) mass is 314 g/mol. The molecule has 0 saturated heterocycles. The van der Waals surface area contributed by atoms with E-state index in [1.54, 1.807) is 12.1 Å². The normalized spacial score (nSPS) is 11.0. The lowest BCUT2D eigenvalue weighted by Crippen LogP contribution is -2.29. The fraction of sp³-hybridized carbons (Fsp3) is 0.385. The topological polar surface area (TPSA) is 72.9 Å². The van der Waals surface area contributed by atoms with Crippen molar-refractivity contribution in [1.82, 2.24) is 14.9 Å². The lowest BCUT2D eigenvalue weighted by Gasteiger charge is -2.08. The van der Waals surface area contributed by atoms with E-state index >= 15 is 0 Å². The number of benzene rings is 1. The Balaban J connectivity index is 2.19. The zero-order valence-corrected chi connectivity index (χ0v) is 12.6. The van der Waals surface area contributed by atoms with Crippen LogP contribution in [0.3, 0.4) is 0 Å². The first-order valence-electron chi connectivity index (χ1n) is 6.31. The molecule has 1 aromatic carbocycles. The minimum Gasteiger partial charge on any atom is -0.355 e. The van der Waals surface area contributed by atoms with Crippen molar-refractivity contribution in [3.8, 4) is 0 Å². The second-order valence-electron chi connectivity index (χ2n) is 4.45. The predicted octanol–water partition coefficient (Wildman–Crippen LogP) is 2.12. The molecule has 20 heavy (non-hydrogen) atoms. The summed E-state index contributed by atoms with van der Waals surface area (Å²) < 4.78 is 1.96. The standard InChI is InChI=1S/C13H16Cl2N4O/c1-8-18-11-6-9(14)10(15)7-12(11)19(8)5-2-13(20)17-4-3-16/h6-7H,2-5,16H2,1H3,(H,17,20). The molecule has 0 spiro atoms. The zero-order chi connectivity index (χ0) is 14.7. The van der Waals surface area contributed by atoms with E-state index in [1.807, 2.05) is 11.5 Å². The van der Waals surface area contributed by atoms with Gasteiger partial charge in [0.05, 0.1) is 21.1 Å². The molecule has 3 N–H and O–H groups in total. The number of aryl methyl sites for hydroxylation is 2. The van der Waals surface area contributed by atoms with E-state index in [-0.39, 0.29) is 5.91 Å². The number of aromatic nitrogens is 2. The van der Waals surface area contributed by atoms with Crippen molar-refractivity contribution in [2.45, 2.75) is 19.9 Å². The molecule has 1 aromatic heterocycles. The number of rotatable bonds is 5. The molecule has 1 heterocycles. The van der Waals surface area contributed by atoms with Crippen molar-refractivity contribution < 1.29 is 4.79 Å². The number of nitrogens with two attached hydrogens (primary N) is 1. The fourth-order valence-corrected chi connectivity index (χ4v) is 2.35. The van der Waals surface area contributed by atoms with Gasteiger partial charge in [0.1, 0.15) is 5.82 Å². The highest BCUT2D eigenvalue weighted by atomic mass is 35.5. The lowest BCUT2D eigenvalue weighted by atomic mass is 10.3. The summed E-state index contributed by atoms with van der Waals surface area (Å²) in [7, 11) is 0. The largest absolute Gasteiger partial charge is 0.355 e. The Labute approximate surface area is 127 Å². The molecule has 2 aromatic rings. The van der Waals surface area contributed by atoms with Gasteiger partial charge in [-0.15, -0.1) is 0 Å². The molecular formula is C13H16Cl2N4O. The van der Waals surface area contributed by atoms with E-state index in [9.17, 15) is 4.79 Å². The third kappa shape index (κ3) is 3.23. The van der Waals surface area contributed by atoms with E-state index < -0.39 is 0 Å². The second-order valence-corrected chi connectivity index (χ2v) is 5.27. The van der Waals surface area contributed by atoms with Crippen LogP contribution in [0.5, 0.6) is 0 Å². The SMILES string of the molecule is Cc1nc2cc(Cl)c(Cl)cc2n1CCC(=O)NCCN. The minimum atomic E-state index is -0.0308. The zero-order valence-electron chi connectivity index (χ0n) is 11.1. The summed E-state index contributed by atoms with van der Waals surface area (Å²) in [4.78, 5) is 16.0. The van der Waals surface area contributed by atoms with Gasteiger partial charge in [0.2, 0.25) is 5.91 Å². The molecule has 0 fully saturated rings. The van der Waals surface area contributed by atoms with Crippen molar-refractivity contribution in [2.24, 2.45) is 5.73 Å². The summed E-state index contributed by atoms with van der Waals surface area (Å²) in [5, 5.41) is 3.69. The van der Waals surface area contributed by atoms with Crippen molar-refractivity contribution in [1.29, 1.82) is 0 Å². The number of nitrogens with zero attached hydrogens (tertiary/aromatic N) is 2. The van der Waals surface area contributed by atoms with Crippen LogP contribution >= 0.6 is 23.2 Å². The van der Waals surface area contributed by atoms with Crippen molar-refractivity contribution in [3.63, 3.8) is 0 Å². The Morgan fingerprint density at radius 1 is 1.40 bits per heavy atom. The van der Waals surface area contributed by atoms with Gasteiger partial charge in [0.25, 0.3) is 0 Å². The van der Waals surface area contributed by atoms with Crippen LogP contribution in [0.25, 0.3) is 11.0 Å². The van der Waals surface area contributed by atoms with E-state index in [0.29, 0.717) is 36.1 Å². The van der Waals surface area contributed by atoms with Crippen LogP contribution in [0, 0.1) is 6.92 Å². The van der Waals surface area contributed by atoms with Gasteiger partial charge in [0.15, 0.2) is 0 Å². The number of hydrogen-bond donors (Lipinski definition) is 2. The first kappa shape index (κ1) is 15.1. The van der Waals surface area contributed by atoms with Crippen molar-refractivity contribution >= 4 is 40.1 Å². The lowest BCUT2D eigenvalue weighted by molar-refractivity contribution is -0.121. The van der Waals surface area contributed by atoms with Crippen LogP contribution in [0.4, 0.5) is 0 Å². The first-order chi connectivity index (χ1) is 9.52. The van der Waals surface area contributed by atoms with Gasteiger partial charge in [-0.05, 0) is 19.1 Å². The Morgan fingerprint density at radius 2 is 2.10 bits per heavy atom. The fourth-order valence-electron chi connectivity index (χ4n) is 2.04. The van der Waals surface area contributed by atoms with E-state index in [2.05, 4.69) is 10.3 Å². The van der Waals surface area contributed by atoms with Crippen LogP contribution in [0.15, 0.2) is 12.1 Å². The molecule has 0 aliphatic carbocycles. The highest BCUT2D eigenvalue weighted by Gasteiger charge is 2.11. The number of nitrogens with one attached hydrogen (secondary N) is 1. The minimum absolute atomic E-state index is 0.0308. The average molecular weight is 315 g/mol. The van der Waals surface area contributed by atoms with Gasteiger partial charge < -0.3 is 15.6 Å². The molecule has 0 atom stereocenters. The van der Waals surface area contributed by atoms with E-state index in [1.165, 1.54) is 0 Å². The maximum Gasteiger partial charge on any atom is 0.221 e. The van der Waals surface area contributed by atoms with Gasteiger partial charge in [-0.25, -0.2) is 4.98 Å². The Hall–Kier alpha value is -1.30. The molecule has 2 rings (SSSR count). The van der Waals surface area contributed by atoms with Gasteiger partial charge in [-0.1, -0.05) is 23.2 Å². The maximum absolute atomic E-state index is 11.6. The number of fused-ring (bicyclic) bond motifs is 1. The van der Waals surface area contributed by atoms with Crippen LogP contribution in [-0.4, -0.2) is 28.5 Å². The summed E-state index contributed by atoms with van der Waals surface area (Å²) in [5.41, 5.74) is 7.00. The first-order valence-corrected chi connectivity index (χ1v) is 7.07. The Morgan fingerprint density at radius 3 is 2.80 bits per heavy atom. The maximum atomic E-state index is 11.6. The molecule has 0 saturated carbocycles. The number of hydrogen-bond acceptors (Lipinski definition) is 3. The molecule has 1 amide bonds. The van der Waals surface area contributed by atoms with Crippen LogP contribution < -0.4 is 11.1 Å². The molecule has 108 valence electrons. The molecule has 0 unspecified atom stereocenters. The molecular weight excluding hydrogens is 299 g/mol. The third-order valence-corrected chi connectivity index (χ3v) is 3.73. The molecule has 5 nitrogen and oxygen atoms in total. The van der Waals surface area contributed by atoms with Crippen LogP contribution in [-0.2, 0) is 11.3 Å². The number of halogens is 2. The van der Waals surface area contributed by atoms with Crippen LogP contribution in [0.1, 0.15) is 12.2 Å². The van der Waals surface area contributed by atoms with Gasteiger partial charge >= 0.3 is 0 Å². The highest BCUT2D eigenvalue weighted by Crippen LogP contribution is 2.28. The Bertz CT molecular complexity index is 639. The van der Waals surface area contributed by atoms with E-state index in [4.69, 9.17) is 28.9 Å². The third-order valence-electron chi connectivity index (χ3n) is 3.01. The Kier molecular flexibility index (Phi) is 4.86. The molecule has 0 radical (unpaired) electrons.